The predicted molar refractivity (Wildman–Crippen MR) is 85.2 cm³/mol. The topological polar surface area (TPSA) is 60.2 Å². The third kappa shape index (κ3) is 3.80. The maximum atomic E-state index is 5.71. The van der Waals surface area contributed by atoms with Crippen LogP contribution < -0.4 is 16.0 Å². The summed E-state index contributed by atoms with van der Waals surface area (Å²) in [6.45, 7) is 4.05. The van der Waals surface area contributed by atoms with Crippen molar-refractivity contribution >= 4 is 0 Å². The summed E-state index contributed by atoms with van der Waals surface area (Å²) < 4.78 is 5.46. The fourth-order valence-electron chi connectivity index (χ4n) is 2.60. The first kappa shape index (κ1) is 15.5. The molecule has 1 aromatic heterocycles. The third-order valence-corrected chi connectivity index (χ3v) is 3.75. The molecule has 0 aliphatic rings. The minimum absolute atomic E-state index is 0.144. The summed E-state index contributed by atoms with van der Waals surface area (Å²) in [5.41, 5.74) is 7.33. The van der Waals surface area contributed by atoms with Crippen LogP contribution in [0.5, 0.6) is 5.75 Å². The highest BCUT2D eigenvalue weighted by atomic mass is 16.5. The highest BCUT2D eigenvalue weighted by Gasteiger charge is 2.15. The van der Waals surface area contributed by atoms with Crippen LogP contribution in [0.15, 0.2) is 36.5 Å². The second kappa shape index (κ2) is 7.20. The Morgan fingerprint density at radius 3 is 2.52 bits per heavy atom. The molecular formula is C17H23N3O. The fraction of sp³-hybridized carbons (Fsp3) is 0.353. The van der Waals surface area contributed by atoms with Crippen molar-refractivity contribution in [3.05, 3.63) is 58.9 Å². The molecule has 2 aromatic rings. The van der Waals surface area contributed by atoms with Gasteiger partial charge in [-0.25, -0.2) is 0 Å². The molecule has 0 fully saturated rings. The quantitative estimate of drug-likeness (QED) is 0.631. The Kier molecular flexibility index (Phi) is 5.31. The number of rotatable bonds is 6. The number of hydrogen-bond acceptors (Lipinski definition) is 4. The van der Waals surface area contributed by atoms with E-state index < -0.39 is 0 Å². The highest BCUT2D eigenvalue weighted by molar-refractivity contribution is 5.41. The Labute approximate surface area is 126 Å². The first-order valence-electron chi connectivity index (χ1n) is 7.14. The molecule has 0 saturated heterocycles. The molecule has 3 N–H and O–H groups in total. The summed E-state index contributed by atoms with van der Waals surface area (Å²) >= 11 is 0. The lowest BCUT2D eigenvalue weighted by atomic mass is 9.99. The SMILES string of the molecule is COc1c(C)cnc(CC(Cc2ccccc2)NN)c1C. The first-order valence-corrected chi connectivity index (χ1v) is 7.14. The molecule has 0 amide bonds. The summed E-state index contributed by atoms with van der Waals surface area (Å²) in [6, 6.07) is 10.5. The number of methoxy groups -OCH3 is 1. The van der Waals surface area contributed by atoms with E-state index in [0.29, 0.717) is 0 Å². The van der Waals surface area contributed by atoms with E-state index in [2.05, 4.69) is 22.5 Å². The Bertz CT molecular complexity index is 584. The van der Waals surface area contributed by atoms with Gasteiger partial charge in [-0.05, 0) is 25.8 Å². The van der Waals surface area contributed by atoms with Crippen LogP contribution in [0, 0.1) is 13.8 Å². The molecular weight excluding hydrogens is 262 g/mol. The van der Waals surface area contributed by atoms with Crippen LogP contribution >= 0.6 is 0 Å². The van der Waals surface area contributed by atoms with Gasteiger partial charge in [0.2, 0.25) is 0 Å². The summed E-state index contributed by atoms with van der Waals surface area (Å²) in [4.78, 5) is 4.54. The maximum Gasteiger partial charge on any atom is 0.128 e. The molecule has 0 bridgehead atoms. The first-order chi connectivity index (χ1) is 10.2. The summed E-state index contributed by atoms with van der Waals surface area (Å²) in [6.07, 6.45) is 3.50. The fourth-order valence-corrected chi connectivity index (χ4v) is 2.60. The molecule has 21 heavy (non-hydrogen) atoms. The van der Waals surface area contributed by atoms with E-state index in [-0.39, 0.29) is 6.04 Å². The molecule has 0 spiro atoms. The molecule has 0 aliphatic carbocycles. The number of hydrogen-bond donors (Lipinski definition) is 2. The van der Waals surface area contributed by atoms with Gasteiger partial charge in [0.15, 0.2) is 0 Å². The van der Waals surface area contributed by atoms with E-state index in [1.165, 1.54) is 5.56 Å². The summed E-state index contributed by atoms with van der Waals surface area (Å²) in [5.74, 6) is 6.62. The van der Waals surface area contributed by atoms with Gasteiger partial charge in [0.25, 0.3) is 0 Å². The molecule has 0 aliphatic heterocycles. The van der Waals surface area contributed by atoms with Crippen molar-refractivity contribution in [2.24, 2.45) is 5.84 Å². The Balaban J connectivity index is 2.15. The zero-order valence-electron chi connectivity index (χ0n) is 12.9. The smallest absolute Gasteiger partial charge is 0.128 e. The van der Waals surface area contributed by atoms with Crippen LogP contribution in [-0.2, 0) is 12.8 Å². The Morgan fingerprint density at radius 2 is 1.90 bits per heavy atom. The molecule has 112 valence electrons. The lowest BCUT2D eigenvalue weighted by Gasteiger charge is -2.18. The van der Waals surface area contributed by atoms with Crippen molar-refractivity contribution in [1.82, 2.24) is 10.4 Å². The molecule has 4 nitrogen and oxygen atoms in total. The van der Waals surface area contributed by atoms with Gasteiger partial charge < -0.3 is 4.74 Å². The van der Waals surface area contributed by atoms with E-state index in [4.69, 9.17) is 10.6 Å². The van der Waals surface area contributed by atoms with E-state index >= 15 is 0 Å². The normalized spacial score (nSPS) is 12.2. The minimum Gasteiger partial charge on any atom is -0.496 e. The monoisotopic (exact) mass is 285 g/mol. The number of ether oxygens (including phenoxy) is 1. The third-order valence-electron chi connectivity index (χ3n) is 3.75. The number of benzene rings is 1. The van der Waals surface area contributed by atoms with Crippen molar-refractivity contribution in [3.63, 3.8) is 0 Å². The average molecular weight is 285 g/mol. The second-order valence-corrected chi connectivity index (χ2v) is 5.30. The number of nitrogens with zero attached hydrogens (tertiary/aromatic N) is 1. The molecule has 4 heteroatoms. The van der Waals surface area contributed by atoms with Crippen molar-refractivity contribution in [3.8, 4) is 5.75 Å². The maximum absolute atomic E-state index is 5.71. The molecule has 1 aromatic carbocycles. The number of aromatic nitrogens is 1. The van der Waals surface area contributed by atoms with E-state index in [1.807, 2.05) is 38.2 Å². The number of aryl methyl sites for hydroxylation is 1. The molecule has 1 heterocycles. The lowest BCUT2D eigenvalue weighted by molar-refractivity contribution is 0.406. The standard InChI is InChI=1S/C17H23N3O/c1-12-11-19-16(13(2)17(12)21-3)10-15(20-18)9-14-7-5-4-6-8-14/h4-8,11,15,20H,9-10,18H2,1-3H3. The zero-order chi connectivity index (χ0) is 15.2. The van der Waals surface area contributed by atoms with Gasteiger partial charge in [-0.1, -0.05) is 30.3 Å². The van der Waals surface area contributed by atoms with Crippen molar-refractivity contribution in [2.45, 2.75) is 32.7 Å². The van der Waals surface area contributed by atoms with E-state index in [1.54, 1.807) is 7.11 Å². The number of nitrogens with two attached hydrogens (primary N) is 1. The van der Waals surface area contributed by atoms with Gasteiger partial charge in [0.05, 0.1) is 7.11 Å². The van der Waals surface area contributed by atoms with Crippen LogP contribution in [-0.4, -0.2) is 18.1 Å². The van der Waals surface area contributed by atoms with Crippen LogP contribution in [0.3, 0.4) is 0 Å². The van der Waals surface area contributed by atoms with Gasteiger partial charge in [-0.2, -0.15) is 0 Å². The molecule has 1 unspecified atom stereocenters. The second-order valence-electron chi connectivity index (χ2n) is 5.30. The lowest BCUT2D eigenvalue weighted by Crippen LogP contribution is -2.38. The summed E-state index contributed by atoms with van der Waals surface area (Å²) in [5, 5.41) is 0. The zero-order valence-corrected chi connectivity index (χ0v) is 12.9. The summed E-state index contributed by atoms with van der Waals surface area (Å²) in [7, 11) is 1.70. The minimum atomic E-state index is 0.144. The van der Waals surface area contributed by atoms with E-state index in [9.17, 15) is 0 Å². The molecule has 0 saturated carbocycles. The van der Waals surface area contributed by atoms with Gasteiger partial charge in [-0.15, -0.1) is 0 Å². The molecule has 0 radical (unpaired) electrons. The highest BCUT2D eigenvalue weighted by Crippen LogP contribution is 2.24. The number of nitrogens with one attached hydrogen (secondary N) is 1. The van der Waals surface area contributed by atoms with Gasteiger partial charge in [-0.3, -0.25) is 16.3 Å². The van der Waals surface area contributed by atoms with E-state index in [0.717, 1.165) is 35.4 Å². The van der Waals surface area contributed by atoms with Crippen LogP contribution in [0.25, 0.3) is 0 Å². The predicted octanol–water partition coefficient (Wildman–Crippen LogP) is 2.32. The van der Waals surface area contributed by atoms with Crippen molar-refractivity contribution in [1.29, 1.82) is 0 Å². The molecule has 1 atom stereocenters. The van der Waals surface area contributed by atoms with Crippen LogP contribution in [0.2, 0.25) is 0 Å². The van der Waals surface area contributed by atoms with Gasteiger partial charge in [0, 0.05) is 35.5 Å². The Morgan fingerprint density at radius 1 is 1.19 bits per heavy atom. The van der Waals surface area contributed by atoms with Crippen LogP contribution in [0.4, 0.5) is 0 Å². The Hall–Kier alpha value is -1.91. The van der Waals surface area contributed by atoms with Gasteiger partial charge >= 0.3 is 0 Å². The number of hydrazine groups is 1. The van der Waals surface area contributed by atoms with Crippen molar-refractivity contribution < 1.29 is 4.74 Å². The number of pyridine rings is 1. The average Bonchev–Trinajstić information content (AvgIpc) is 2.50. The largest absolute Gasteiger partial charge is 0.496 e. The van der Waals surface area contributed by atoms with Crippen molar-refractivity contribution in [2.75, 3.05) is 7.11 Å². The van der Waals surface area contributed by atoms with Crippen LogP contribution in [0.1, 0.15) is 22.4 Å². The van der Waals surface area contributed by atoms with Gasteiger partial charge in [0.1, 0.15) is 5.75 Å². The molecule has 2 rings (SSSR count).